The van der Waals surface area contributed by atoms with Gasteiger partial charge in [-0.3, -0.25) is 4.79 Å². The highest BCUT2D eigenvalue weighted by Gasteiger charge is 2.22. The number of carbonyl (C=O) groups is 1. The van der Waals surface area contributed by atoms with Crippen LogP contribution in [0.25, 0.3) is 0 Å². The van der Waals surface area contributed by atoms with E-state index in [1.165, 1.54) is 19.2 Å². The van der Waals surface area contributed by atoms with E-state index in [4.69, 9.17) is 9.88 Å². The number of carbonyl (C=O) groups excluding carboxylic acids is 1. The second kappa shape index (κ2) is 6.67. The number of primary sulfonamides is 1. The molecule has 2 rings (SSSR count). The molecule has 0 radical (unpaired) electrons. The Labute approximate surface area is 128 Å². The van der Waals surface area contributed by atoms with Gasteiger partial charge >= 0.3 is 0 Å². The molecule has 1 unspecified atom stereocenters. The van der Waals surface area contributed by atoms with Crippen molar-refractivity contribution in [3.05, 3.63) is 18.2 Å². The number of anilines is 1. The molecule has 0 bridgehead atoms. The van der Waals surface area contributed by atoms with Gasteiger partial charge in [-0.2, -0.15) is 0 Å². The predicted molar refractivity (Wildman–Crippen MR) is 83.1 cm³/mol. The highest BCUT2D eigenvalue weighted by atomic mass is 32.2. The first-order chi connectivity index (χ1) is 9.91. The molecule has 0 spiro atoms. The van der Waals surface area contributed by atoms with Crippen molar-refractivity contribution in [3.63, 3.8) is 0 Å². The fraction of sp³-hybridized carbons (Fsp3) is 0.462. The Morgan fingerprint density at radius 3 is 2.76 bits per heavy atom. The third-order valence-electron chi connectivity index (χ3n) is 3.21. The van der Waals surface area contributed by atoms with Crippen LogP contribution in [0.5, 0.6) is 5.75 Å². The summed E-state index contributed by atoms with van der Waals surface area (Å²) in [7, 11) is -2.55. The fourth-order valence-electron chi connectivity index (χ4n) is 2.15. The summed E-state index contributed by atoms with van der Waals surface area (Å²) in [5.41, 5.74) is 0.399. The Morgan fingerprint density at radius 2 is 2.19 bits per heavy atom. The first-order valence-corrected chi connectivity index (χ1v) is 9.14. The highest BCUT2D eigenvalue weighted by Crippen LogP contribution is 2.28. The highest BCUT2D eigenvalue weighted by molar-refractivity contribution is 8.00. The fourth-order valence-corrected chi connectivity index (χ4v) is 4.07. The van der Waals surface area contributed by atoms with Crippen LogP contribution in [0, 0.1) is 0 Å². The van der Waals surface area contributed by atoms with E-state index in [0.29, 0.717) is 5.69 Å². The minimum absolute atomic E-state index is 0.0845. The largest absolute Gasteiger partial charge is 0.495 e. The summed E-state index contributed by atoms with van der Waals surface area (Å²) in [6.45, 7) is 0. The number of sulfonamides is 1. The molecule has 3 N–H and O–H groups in total. The monoisotopic (exact) mass is 330 g/mol. The van der Waals surface area contributed by atoms with E-state index in [2.05, 4.69) is 5.32 Å². The first-order valence-electron chi connectivity index (χ1n) is 6.55. The number of nitrogens with one attached hydrogen (secondary N) is 1. The molecule has 0 saturated carbocycles. The molecule has 0 aliphatic carbocycles. The average molecular weight is 330 g/mol. The second-order valence-electron chi connectivity index (χ2n) is 4.76. The summed E-state index contributed by atoms with van der Waals surface area (Å²) >= 11 is 1.63. The van der Waals surface area contributed by atoms with E-state index >= 15 is 0 Å². The zero-order valence-electron chi connectivity index (χ0n) is 11.7. The Bertz CT molecular complexity index is 625. The summed E-state index contributed by atoms with van der Waals surface area (Å²) in [4.78, 5) is 12.0. The molecule has 1 aromatic carbocycles. The van der Waals surface area contributed by atoms with E-state index in [1.807, 2.05) is 0 Å². The van der Waals surface area contributed by atoms with Crippen LogP contribution in [-0.2, 0) is 14.8 Å². The number of rotatable bonds is 4. The Kier molecular flexibility index (Phi) is 5.13. The number of nitrogens with two attached hydrogens (primary N) is 1. The Balaban J connectivity index is 2.19. The smallest absolute Gasteiger partial charge is 0.241 e. The summed E-state index contributed by atoms with van der Waals surface area (Å²) in [6.07, 6.45) is 3.01. The van der Waals surface area contributed by atoms with Gasteiger partial charge in [0.15, 0.2) is 0 Å². The van der Waals surface area contributed by atoms with Crippen LogP contribution >= 0.6 is 11.8 Å². The normalized spacial score (nSPS) is 19.0. The molecule has 1 amide bonds. The molecule has 1 aliphatic rings. The molecule has 1 fully saturated rings. The van der Waals surface area contributed by atoms with Gasteiger partial charge in [0, 0.05) is 5.69 Å². The first kappa shape index (κ1) is 16.1. The molecule has 1 atom stereocenters. The molecule has 1 aliphatic heterocycles. The van der Waals surface area contributed by atoms with Gasteiger partial charge in [-0.1, -0.05) is 6.42 Å². The van der Waals surface area contributed by atoms with Crippen molar-refractivity contribution in [1.82, 2.24) is 0 Å². The van der Waals surface area contributed by atoms with Gasteiger partial charge in [0.05, 0.1) is 12.4 Å². The van der Waals surface area contributed by atoms with Crippen LogP contribution < -0.4 is 15.2 Å². The number of thioether (sulfide) groups is 1. The maximum Gasteiger partial charge on any atom is 0.241 e. The lowest BCUT2D eigenvalue weighted by Gasteiger charge is -2.20. The Morgan fingerprint density at radius 1 is 1.43 bits per heavy atom. The summed E-state index contributed by atoms with van der Waals surface area (Å²) in [5.74, 6) is 1.02. The van der Waals surface area contributed by atoms with Crippen LogP contribution in [0.1, 0.15) is 19.3 Å². The van der Waals surface area contributed by atoms with E-state index in [1.54, 1.807) is 17.8 Å². The van der Waals surface area contributed by atoms with Gasteiger partial charge in [0.25, 0.3) is 0 Å². The third kappa shape index (κ3) is 4.12. The van der Waals surface area contributed by atoms with E-state index < -0.39 is 10.0 Å². The van der Waals surface area contributed by atoms with Crippen molar-refractivity contribution < 1.29 is 17.9 Å². The quantitative estimate of drug-likeness (QED) is 0.873. The van der Waals surface area contributed by atoms with Crippen molar-refractivity contribution in [1.29, 1.82) is 0 Å². The molecular weight excluding hydrogens is 312 g/mol. The Hall–Kier alpha value is -1.25. The van der Waals surface area contributed by atoms with E-state index in [0.717, 1.165) is 25.0 Å². The van der Waals surface area contributed by atoms with Gasteiger partial charge in [0.1, 0.15) is 10.6 Å². The van der Waals surface area contributed by atoms with E-state index in [-0.39, 0.29) is 21.8 Å². The lowest BCUT2D eigenvalue weighted by molar-refractivity contribution is -0.115. The van der Waals surface area contributed by atoms with Crippen molar-refractivity contribution in [2.24, 2.45) is 5.14 Å². The van der Waals surface area contributed by atoms with Crippen LogP contribution in [0.4, 0.5) is 5.69 Å². The molecule has 21 heavy (non-hydrogen) atoms. The maximum atomic E-state index is 12.1. The third-order valence-corrected chi connectivity index (χ3v) is 5.52. The van der Waals surface area contributed by atoms with Crippen molar-refractivity contribution in [2.75, 3.05) is 18.2 Å². The van der Waals surface area contributed by atoms with E-state index in [9.17, 15) is 13.2 Å². The van der Waals surface area contributed by atoms with Crippen LogP contribution in [0.3, 0.4) is 0 Å². The molecule has 1 heterocycles. The van der Waals surface area contributed by atoms with Crippen LogP contribution in [0.15, 0.2) is 23.1 Å². The molecule has 6 nitrogen and oxygen atoms in total. The second-order valence-corrected chi connectivity index (χ2v) is 7.60. The van der Waals surface area contributed by atoms with Gasteiger partial charge in [0.2, 0.25) is 15.9 Å². The van der Waals surface area contributed by atoms with Gasteiger partial charge in [-0.25, -0.2) is 13.6 Å². The van der Waals surface area contributed by atoms with Crippen molar-refractivity contribution >= 4 is 33.4 Å². The average Bonchev–Trinajstić information content (AvgIpc) is 2.47. The lowest BCUT2D eigenvalue weighted by Crippen LogP contribution is -2.27. The number of methoxy groups -OCH3 is 1. The molecule has 8 heteroatoms. The minimum Gasteiger partial charge on any atom is -0.495 e. The number of ether oxygens (including phenoxy) is 1. The zero-order valence-corrected chi connectivity index (χ0v) is 13.3. The molecule has 1 aromatic rings. The topological polar surface area (TPSA) is 98.5 Å². The predicted octanol–water partition coefficient (Wildman–Crippen LogP) is 1.57. The zero-order chi connectivity index (χ0) is 15.5. The SMILES string of the molecule is COc1ccc(NC(=O)C2CCCCS2)cc1S(N)(=O)=O. The number of hydrogen-bond acceptors (Lipinski definition) is 5. The minimum atomic E-state index is -3.91. The summed E-state index contributed by atoms with van der Waals surface area (Å²) < 4.78 is 28.0. The maximum absolute atomic E-state index is 12.1. The molecule has 1 saturated heterocycles. The summed E-state index contributed by atoms with van der Waals surface area (Å²) in [6, 6.07) is 4.39. The van der Waals surface area contributed by atoms with Crippen LogP contribution in [-0.4, -0.2) is 32.4 Å². The number of benzene rings is 1. The summed E-state index contributed by atoms with van der Waals surface area (Å²) in [5, 5.41) is 7.81. The van der Waals surface area contributed by atoms with Gasteiger partial charge in [-0.15, -0.1) is 11.8 Å². The van der Waals surface area contributed by atoms with Gasteiger partial charge in [-0.05, 0) is 36.8 Å². The number of hydrogen-bond donors (Lipinski definition) is 2. The van der Waals surface area contributed by atoms with Gasteiger partial charge < -0.3 is 10.1 Å². The van der Waals surface area contributed by atoms with Crippen molar-refractivity contribution in [3.8, 4) is 5.75 Å². The molecule has 0 aromatic heterocycles. The van der Waals surface area contributed by atoms with Crippen molar-refractivity contribution in [2.45, 2.75) is 29.4 Å². The van der Waals surface area contributed by atoms with Crippen LogP contribution in [0.2, 0.25) is 0 Å². The molecular formula is C13H18N2O4S2. The molecule has 116 valence electrons. The lowest BCUT2D eigenvalue weighted by atomic mass is 10.2. The number of amides is 1. The standard InChI is InChI=1S/C13H18N2O4S2/c1-19-10-6-5-9(8-12(10)21(14,17)18)15-13(16)11-4-2-3-7-20-11/h5-6,8,11H,2-4,7H2,1H3,(H,15,16)(H2,14,17,18).